The molecule has 0 aromatic rings. The Morgan fingerprint density at radius 3 is 1.60 bits per heavy atom. The first-order chi connectivity index (χ1) is 21.3. The van der Waals surface area contributed by atoms with Crippen LogP contribution >= 0.6 is 0 Å². The summed E-state index contributed by atoms with van der Waals surface area (Å²) in [4.78, 5) is 75.3. The molecule has 0 unspecified atom stereocenters. The summed E-state index contributed by atoms with van der Waals surface area (Å²) in [6, 6.07) is -1.61. The predicted octanol–water partition coefficient (Wildman–Crippen LogP) is 4.83. The number of carbonyl (C=O) groups excluding carboxylic acids is 4. The van der Waals surface area contributed by atoms with Crippen molar-refractivity contribution < 1.29 is 39.0 Å². The van der Waals surface area contributed by atoms with E-state index in [4.69, 9.17) is 0 Å². The first-order valence-corrected chi connectivity index (χ1v) is 17.0. The van der Waals surface area contributed by atoms with E-state index in [2.05, 4.69) is 21.3 Å². The minimum absolute atomic E-state index is 0.0145. The minimum atomic E-state index is -1.34. The Morgan fingerprint density at radius 2 is 1.15 bits per heavy atom. The fraction of sp³-hybridized carbons (Fsp3) is 0.833. The van der Waals surface area contributed by atoms with Gasteiger partial charge >= 0.3 is 11.9 Å². The molecule has 0 fully saturated rings. The summed E-state index contributed by atoms with van der Waals surface area (Å²) in [5.41, 5.74) is -4.67. The molecular formula is C36H66N4O8. The third kappa shape index (κ3) is 16.4. The van der Waals surface area contributed by atoms with Gasteiger partial charge in [0.25, 0.3) is 0 Å². The Kier molecular flexibility index (Phi) is 16.0. The number of nitrogens with one attached hydrogen (secondary N) is 4. The van der Waals surface area contributed by atoms with Gasteiger partial charge in [-0.05, 0) is 87.0 Å². The van der Waals surface area contributed by atoms with E-state index in [0.717, 1.165) is 6.42 Å². The second kappa shape index (κ2) is 17.1. The van der Waals surface area contributed by atoms with E-state index in [1.54, 1.807) is 41.5 Å². The lowest BCUT2D eigenvalue weighted by Gasteiger charge is -2.35. The average molecular weight is 683 g/mol. The van der Waals surface area contributed by atoms with Crippen molar-refractivity contribution in [2.24, 2.45) is 21.7 Å². The molecule has 0 spiro atoms. The number of ketones is 1. The fourth-order valence-electron chi connectivity index (χ4n) is 6.05. The Balaban J connectivity index is 5.06. The normalized spacial score (nSPS) is 14.5. The lowest BCUT2D eigenvalue weighted by Crippen LogP contribution is -2.51. The number of hydrogen-bond acceptors (Lipinski definition) is 7. The van der Waals surface area contributed by atoms with Crippen LogP contribution in [0.4, 0.5) is 0 Å². The van der Waals surface area contributed by atoms with Gasteiger partial charge in [-0.1, -0.05) is 48.5 Å². The molecule has 2 atom stereocenters. The molecule has 0 aromatic heterocycles. The molecule has 0 aliphatic heterocycles. The van der Waals surface area contributed by atoms with Gasteiger partial charge in [-0.2, -0.15) is 0 Å². The number of carbonyl (C=O) groups is 6. The zero-order valence-corrected chi connectivity index (χ0v) is 32.2. The molecule has 48 heavy (non-hydrogen) atoms. The summed E-state index contributed by atoms with van der Waals surface area (Å²) in [5.74, 6) is -3.41. The van der Waals surface area contributed by atoms with Crippen molar-refractivity contribution in [1.82, 2.24) is 21.3 Å². The largest absolute Gasteiger partial charge is 0.481 e. The first-order valence-electron chi connectivity index (χ1n) is 17.0. The van der Waals surface area contributed by atoms with Crippen LogP contribution in [-0.2, 0) is 28.8 Å². The Bertz CT molecular complexity index is 1160. The van der Waals surface area contributed by atoms with Crippen LogP contribution < -0.4 is 21.3 Å². The summed E-state index contributed by atoms with van der Waals surface area (Å²) < 4.78 is 0. The molecule has 12 nitrogen and oxygen atoms in total. The number of carboxylic acid groups (broad SMARTS) is 2. The molecule has 6 N–H and O–H groups in total. The second-order valence-electron chi connectivity index (χ2n) is 18.0. The van der Waals surface area contributed by atoms with Gasteiger partial charge in [-0.15, -0.1) is 0 Å². The van der Waals surface area contributed by atoms with Gasteiger partial charge in [0.2, 0.25) is 17.7 Å². The lowest BCUT2D eigenvalue weighted by atomic mass is 9.74. The molecule has 0 bridgehead atoms. The molecule has 0 saturated carbocycles. The van der Waals surface area contributed by atoms with Crippen LogP contribution in [0.25, 0.3) is 0 Å². The number of carboxylic acids is 2. The van der Waals surface area contributed by atoms with E-state index in [1.807, 2.05) is 41.5 Å². The summed E-state index contributed by atoms with van der Waals surface area (Å²) >= 11 is 0. The molecule has 0 aromatic carbocycles. The molecule has 0 aliphatic carbocycles. The lowest BCUT2D eigenvalue weighted by molar-refractivity contribution is -0.151. The topological polar surface area (TPSA) is 191 Å². The summed E-state index contributed by atoms with van der Waals surface area (Å²) in [6.07, 6.45) is 2.07. The van der Waals surface area contributed by atoms with Crippen LogP contribution in [-0.4, -0.2) is 75.4 Å². The van der Waals surface area contributed by atoms with Crippen LogP contribution in [0.5, 0.6) is 0 Å². The van der Waals surface area contributed by atoms with Gasteiger partial charge in [0.05, 0.1) is 11.5 Å². The highest BCUT2D eigenvalue weighted by Gasteiger charge is 2.40. The third-order valence-electron chi connectivity index (χ3n) is 8.19. The highest BCUT2D eigenvalue weighted by molar-refractivity contribution is 5.89. The molecule has 0 aliphatic rings. The summed E-state index contributed by atoms with van der Waals surface area (Å²) in [5, 5.41) is 30.9. The number of aliphatic carboxylic acids is 2. The van der Waals surface area contributed by atoms with Crippen LogP contribution in [0.15, 0.2) is 0 Å². The van der Waals surface area contributed by atoms with Gasteiger partial charge in [0, 0.05) is 40.3 Å². The zero-order chi connectivity index (χ0) is 38.1. The van der Waals surface area contributed by atoms with Crippen LogP contribution in [0.2, 0.25) is 0 Å². The standard InChI is InChI=1S/C36H66N4O8/c1-31(2,3)26(42)23(39-32(4,5)6)17-15-16-20-37-28(45)34(9,10)22-36(13,14)40-25(41)19-18-24(27(43)44)38-29(46)33(7,8)21-35(11,12)30(47)48/h23-24,39H,15-22H2,1-14H3,(H,37,45)(H,38,46)(H,40,41)(H,43,44)(H,47,48)/t23-,24-/m0/s1. The third-order valence-corrected chi connectivity index (χ3v) is 8.19. The monoisotopic (exact) mass is 682 g/mol. The van der Waals surface area contributed by atoms with Crippen LogP contribution in [0.1, 0.15) is 142 Å². The van der Waals surface area contributed by atoms with E-state index in [-0.39, 0.29) is 42.5 Å². The average Bonchev–Trinajstić information content (AvgIpc) is 2.86. The van der Waals surface area contributed by atoms with Crippen molar-refractivity contribution in [3.8, 4) is 0 Å². The number of unbranched alkanes of at least 4 members (excludes halogenated alkanes) is 1. The smallest absolute Gasteiger partial charge is 0.326 e. The maximum atomic E-state index is 13.1. The maximum Gasteiger partial charge on any atom is 0.326 e. The molecule has 3 amide bonds. The van der Waals surface area contributed by atoms with Crippen molar-refractivity contribution in [1.29, 1.82) is 0 Å². The molecular weight excluding hydrogens is 616 g/mol. The number of hydrogen-bond donors (Lipinski definition) is 6. The van der Waals surface area contributed by atoms with Crippen molar-refractivity contribution in [3.63, 3.8) is 0 Å². The number of Topliss-reactive ketones (excluding diaryl/α,β-unsaturated/α-hetero) is 1. The molecule has 0 rings (SSSR count). The Morgan fingerprint density at radius 1 is 0.625 bits per heavy atom. The van der Waals surface area contributed by atoms with Gasteiger partial charge < -0.3 is 31.5 Å². The highest BCUT2D eigenvalue weighted by Crippen LogP contribution is 2.34. The summed E-state index contributed by atoms with van der Waals surface area (Å²) in [7, 11) is 0. The highest BCUT2D eigenvalue weighted by atomic mass is 16.4. The second-order valence-corrected chi connectivity index (χ2v) is 18.0. The van der Waals surface area contributed by atoms with Crippen molar-refractivity contribution in [3.05, 3.63) is 0 Å². The van der Waals surface area contributed by atoms with Gasteiger partial charge in [-0.25, -0.2) is 4.79 Å². The number of amides is 3. The van der Waals surface area contributed by atoms with Crippen molar-refractivity contribution in [2.45, 2.75) is 165 Å². The SMILES string of the molecule is CC(C)(C)N[C@@H](CCCCNC(=O)C(C)(C)CC(C)(C)NC(=O)CC[C@H](NC(=O)C(C)(C)CC(C)(C)C(=O)O)C(=O)O)C(=O)C(C)(C)C. The molecule has 0 radical (unpaired) electrons. The van der Waals surface area contributed by atoms with E-state index in [9.17, 15) is 39.0 Å². The van der Waals surface area contributed by atoms with Crippen molar-refractivity contribution >= 4 is 35.4 Å². The van der Waals surface area contributed by atoms with Crippen molar-refractivity contribution in [2.75, 3.05) is 6.54 Å². The molecule has 0 heterocycles. The van der Waals surface area contributed by atoms with E-state index >= 15 is 0 Å². The molecule has 0 saturated heterocycles. The Labute approximate surface area is 288 Å². The maximum absolute atomic E-state index is 13.1. The van der Waals surface area contributed by atoms with Crippen LogP contribution in [0.3, 0.4) is 0 Å². The van der Waals surface area contributed by atoms with E-state index in [0.29, 0.717) is 25.8 Å². The van der Waals surface area contributed by atoms with E-state index < -0.39 is 57.0 Å². The minimum Gasteiger partial charge on any atom is -0.481 e. The Hall–Kier alpha value is -3.02. The zero-order valence-electron chi connectivity index (χ0n) is 32.2. The summed E-state index contributed by atoms with van der Waals surface area (Å²) in [6.45, 7) is 25.6. The predicted molar refractivity (Wildman–Crippen MR) is 187 cm³/mol. The van der Waals surface area contributed by atoms with Crippen LogP contribution in [0, 0.1) is 21.7 Å². The fourth-order valence-corrected chi connectivity index (χ4v) is 6.05. The van der Waals surface area contributed by atoms with Gasteiger partial charge in [0.15, 0.2) is 5.78 Å². The first kappa shape index (κ1) is 45.0. The number of rotatable bonds is 20. The van der Waals surface area contributed by atoms with E-state index in [1.165, 1.54) is 13.8 Å². The van der Waals surface area contributed by atoms with Gasteiger partial charge in [-0.3, -0.25) is 24.0 Å². The molecule has 278 valence electrons. The quantitative estimate of drug-likeness (QED) is 0.0977. The molecule has 12 heteroatoms. The van der Waals surface area contributed by atoms with Gasteiger partial charge in [0.1, 0.15) is 6.04 Å².